The minimum Gasteiger partial charge on any atom is -0.507 e. The summed E-state index contributed by atoms with van der Waals surface area (Å²) in [6, 6.07) is 18.2. The van der Waals surface area contributed by atoms with Gasteiger partial charge in [-0.05, 0) is 29.9 Å². The Labute approximate surface area is 150 Å². The van der Waals surface area contributed by atoms with Gasteiger partial charge in [0.05, 0.1) is 6.21 Å². The average Bonchev–Trinajstić information content (AvgIpc) is 3.09. The summed E-state index contributed by atoms with van der Waals surface area (Å²) in [5.41, 5.74) is 3.01. The Morgan fingerprint density at radius 3 is 2.48 bits per heavy atom. The van der Waals surface area contributed by atoms with Crippen LogP contribution in [0.2, 0.25) is 0 Å². The van der Waals surface area contributed by atoms with Crippen LogP contribution in [0.4, 0.5) is 0 Å². The molecule has 128 valence electrons. The van der Waals surface area contributed by atoms with Gasteiger partial charge in [-0.15, -0.1) is 0 Å². The van der Waals surface area contributed by atoms with Gasteiger partial charge in [-0.2, -0.15) is 5.10 Å². The molecule has 1 aromatic heterocycles. The molecule has 3 aromatic rings. The van der Waals surface area contributed by atoms with E-state index in [0.717, 1.165) is 16.7 Å². The largest absolute Gasteiger partial charge is 0.507 e. The van der Waals surface area contributed by atoms with Gasteiger partial charge in [0, 0.05) is 28.7 Å². The van der Waals surface area contributed by atoms with Gasteiger partial charge in [0.25, 0.3) is 0 Å². The van der Waals surface area contributed by atoms with Gasteiger partial charge in [-0.25, -0.2) is 4.68 Å². The molecule has 0 bridgehead atoms. The Balaban J connectivity index is 1.91. The molecule has 1 atom stereocenters. The van der Waals surface area contributed by atoms with Gasteiger partial charge in [0.2, 0.25) is 0 Å². The first-order valence-electron chi connectivity index (χ1n) is 8.31. The Hall–Kier alpha value is -2.38. The monoisotopic (exact) mass is 350 g/mol. The zero-order valence-corrected chi connectivity index (χ0v) is 15.8. The van der Waals surface area contributed by atoms with E-state index >= 15 is 0 Å². The van der Waals surface area contributed by atoms with Crippen molar-refractivity contribution >= 4 is 20.1 Å². The second-order valence-corrected chi connectivity index (χ2v) is 8.65. The zero-order chi connectivity index (χ0) is 17.9. The highest BCUT2D eigenvalue weighted by atomic mass is 31.1. The summed E-state index contributed by atoms with van der Waals surface area (Å²) in [7, 11) is 0.515. The molecule has 3 nitrogen and oxygen atoms in total. The number of hydrogen-bond donors (Lipinski definition) is 1. The van der Waals surface area contributed by atoms with Crippen molar-refractivity contribution < 1.29 is 5.11 Å². The third-order valence-corrected chi connectivity index (χ3v) is 5.86. The smallest absolute Gasteiger partial charge is 0.122 e. The number of phenols is 1. The van der Waals surface area contributed by atoms with Crippen molar-refractivity contribution in [3.05, 3.63) is 83.7 Å². The van der Waals surface area contributed by atoms with E-state index < -0.39 is 0 Å². The molecule has 2 aromatic carbocycles. The number of aromatic nitrogens is 1. The number of aromatic hydroxyl groups is 1. The molecule has 1 heterocycles. The number of nitrogens with zero attached hydrogens (tertiary/aromatic N) is 2. The predicted octanol–water partition coefficient (Wildman–Crippen LogP) is 4.62. The van der Waals surface area contributed by atoms with E-state index in [4.69, 9.17) is 0 Å². The lowest BCUT2D eigenvalue weighted by Crippen LogP contribution is -2.17. The fourth-order valence-electron chi connectivity index (χ4n) is 2.82. The van der Waals surface area contributed by atoms with Gasteiger partial charge < -0.3 is 5.11 Å². The standard InChI is InChI=1S/C21H23N2OP/c1-16-9-8-11-18(20(16)24)21(2,3)25-19-12-5-4-10-17(19)15-22-23-13-6-7-14-23/h4-15,24-25H,1-3H3/b22-15+. The molecule has 0 radical (unpaired) electrons. The van der Waals surface area contributed by atoms with Crippen LogP contribution in [-0.2, 0) is 5.16 Å². The summed E-state index contributed by atoms with van der Waals surface area (Å²) in [6.07, 6.45) is 5.72. The molecule has 1 unspecified atom stereocenters. The van der Waals surface area contributed by atoms with Crippen LogP contribution in [-0.4, -0.2) is 16.0 Å². The highest BCUT2D eigenvalue weighted by Gasteiger charge is 2.25. The fraction of sp³-hybridized carbons (Fsp3) is 0.190. The molecular weight excluding hydrogens is 327 g/mol. The average molecular weight is 350 g/mol. The molecule has 0 spiro atoms. The van der Waals surface area contributed by atoms with Crippen molar-refractivity contribution in [3.8, 4) is 5.75 Å². The van der Waals surface area contributed by atoms with Crippen molar-refractivity contribution in [1.82, 2.24) is 4.68 Å². The minimum atomic E-state index is -0.159. The number of para-hydroxylation sites is 1. The van der Waals surface area contributed by atoms with E-state index in [2.05, 4.69) is 37.1 Å². The minimum absolute atomic E-state index is 0.159. The second kappa shape index (κ2) is 7.25. The maximum Gasteiger partial charge on any atom is 0.122 e. The van der Waals surface area contributed by atoms with Crippen molar-refractivity contribution in [3.63, 3.8) is 0 Å². The number of aryl methyl sites for hydroxylation is 1. The topological polar surface area (TPSA) is 37.5 Å². The van der Waals surface area contributed by atoms with E-state index in [1.54, 1.807) is 4.68 Å². The SMILES string of the molecule is Cc1cccc(C(C)(C)Pc2ccccc2/C=N/n2cccc2)c1O. The summed E-state index contributed by atoms with van der Waals surface area (Å²) in [5.74, 6) is 0.401. The summed E-state index contributed by atoms with van der Waals surface area (Å²) in [5, 5.41) is 16.0. The normalized spacial score (nSPS) is 12.4. The summed E-state index contributed by atoms with van der Waals surface area (Å²) in [4.78, 5) is 0. The van der Waals surface area contributed by atoms with Crippen LogP contribution >= 0.6 is 8.58 Å². The predicted molar refractivity (Wildman–Crippen MR) is 108 cm³/mol. The molecule has 0 saturated heterocycles. The Morgan fingerprint density at radius 1 is 1.00 bits per heavy atom. The molecule has 0 amide bonds. The molecule has 0 aliphatic carbocycles. The summed E-state index contributed by atoms with van der Waals surface area (Å²) in [6.45, 7) is 6.30. The zero-order valence-electron chi connectivity index (χ0n) is 14.8. The quantitative estimate of drug-likeness (QED) is 0.529. The third kappa shape index (κ3) is 4.00. The third-order valence-electron chi connectivity index (χ3n) is 4.24. The number of rotatable bonds is 5. The Morgan fingerprint density at radius 2 is 1.72 bits per heavy atom. The summed E-state index contributed by atoms with van der Waals surface area (Å²) >= 11 is 0. The first-order valence-corrected chi connectivity index (χ1v) is 9.31. The van der Waals surface area contributed by atoms with Crippen LogP contribution in [0.1, 0.15) is 30.5 Å². The van der Waals surface area contributed by atoms with Crippen LogP contribution < -0.4 is 5.30 Å². The molecule has 25 heavy (non-hydrogen) atoms. The number of benzene rings is 2. The molecular formula is C21H23N2OP. The lowest BCUT2D eigenvalue weighted by atomic mass is 9.99. The van der Waals surface area contributed by atoms with E-state index in [1.807, 2.05) is 61.9 Å². The van der Waals surface area contributed by atoms with Gasteiger partial charge in [0.1, 0.15) is 5.75 Å². The van der Waals surface area contributed by atoms with E-state index in [9.17, 15) is 5.11 Å². The van der Waals surface area contributed by atoms with Crippen molar-refractivity contribution in [2.75, 3.05) is 0 Å². The fourth-order valence-corrected chi connectivity index (χ4v) is 4.30. The molecule has 1 N–H and O–H groups in total. The summed E-state index contributed by atoms with van der Waals surface area (Å²) < 4.78 is 1.79. The first kappa shape index (κ1) is 17.4. The number of hydrogen-bond acceptors (Lipinski definition) is 2. The number of phenolic OH excluding ortho intramolecular Hbond substituents is 1. The molecule has 0 fully saturated rings. The van der Waals surface area contributed by atoms with E-state index in [0.29, 0.717) is 14.3 Å². The lowest BCUT2D eigenvalue weighted by Gasteiger charge is -2.27. The van der Waals surface area contributed by atoms with Gasteiger partial charge >= 0.3 is 0 Å². The molecule has 0 saturated carbocycles. The molecule has 4 heteroatoms. The lowest BCUT2D eigenvalue weighted by molar-refractivity contribution is 0.457. The Kier molecular flexibility index (Phi) is 5.06. The maximum atomic E-state index is 10.5. The van der Waals surface area contributed by atoms with Crippen molar-refractivity contribution in [2.45, 2.75) is 25.9 Å². The highest BCUT2D eigenvalue weighted by Crippen LogP contribution is 2.45. The van der Waals surface area contributed by atoms with Crippen LogP contribution in [0.15, 0.2) is 72.1 Å². The van der Waals surface area contributed by atoms with Gasteiger partial charge in [-0.1, -0.05) is 64.9 Å². The molecule has 0 aliphatic rings. The maximum absolute atomic E-state index is 10.5. The van der Waals surface area contributed by atoms with Crippen LogP contribution in [0, 0.1) is 6.92 Å². The van der Waals surface area contributed by atoms with E-state index in [1.165, 1.54) is 5.30 Å². The van der Waals surface area contributed by atoms with Crippen LogP contribution in [0.25, 0.3) is 0 Å². The van der Waals surface area contributed by atoms with Gasteiger partial charge in [0.15, 0.2) is 0 Å². The second-order valence-electron chi connectivity index (χ2n) is 6.62. The van der Waals surface area contributed by atoms with Crippen molar-refractivity contribution in [1.29, 1.82) is 0 Å². The Bertz CT molecular complexity index is 883. The van der Waals surface area contributed by atoms with Crippen LogP contribution in [0.3, 0.4) is 0 Å². The molecule has 3 rings (SSSR count). The van der Waals surface area contributed by atoms with Crippen LogP contribution in [0.5, 0.6) is 5.75 Å². The van der Waals surface area contributed by atoms with Crippen molar-refractivity contribution in [2.24, 2.45) is 5.10 Å². The highest BCUT2D eigenvalue weighted by molar-refractivity contribution is 7.48. The molecule has 0 aliphatic heterocycles. The van der Waals surface area contributed by atoms with Gasteiger partial charge in [-0.3, -0.25) is 0 Å². The van der Waals surface area contributed by atoms with E-state index in [-0.39, 0.29) is 5.16 Å². The first-order chi connectivity index (χ1) is 12.0.